The number of hydrogen-bond acceptors (Lipinski definition) is 3. The highest BCUT2D eigenvalue weighted by atomic mass is 31.1. The van der Waals surface area contributed by atoms with E-state index in [-0.39, 0.29) is 6.42 Å². The molecule has 0 saturated heterocycles. The van der Waals surface area contributed by atoms with Crippen molar-refractivity contribution in [3.63, 3.8) is 0 Å². The van der Waals surface area contributed by atoms with Crippen molar-refractivity contribution in [2.75, 3.05) is 0 Å². The normalized spacial score (nSPS) is 17.4. The van der Waals surface area contributed by atoms with Gasteiger partial charge in [-0.15, -0.1) is 0 Å². The molecule has 0 fully saturated rings. The molecule has 13 heavy (non-hydrogen) atoms. The predicted molar refractivity (Wildman–Crippen MR) is 44.1 cm³/mol. The second-order valence-electron chi connectivity index (χ2n) is 2.84. The first-order valence-electron chi connectivity index (χ1n) is 3.49. The highest BCUT2D eigenvalue weighted by molar-refractivity contribution is 7.41. The van der Waals surface area contributed by atoms with E-state index in [9.17, 15) is 14.2 Å². The zero-order valence-electron chi connectivity index (χ0n) is 6.98. The van der Waals surface area contributed by atoms with Crippen LogP contribution in [0, 0.1) is 0 Å². The van der Waals surface area contributed by atoms with Crippen molar-refractivity contribution in [1.29, 1.82) is 0 Å². The zero-order chi connectivity index (χ0) is 10.6. The van der Waals surface area contributed by atoms with E-state index in [0.29, 0.717) is 0 Å². The van der Waals surface area contributed by atoms with E-state index in [0.717, 1.165) is 6.92 Å². The maximum Gasteiger partial charge on any atom is 0.318 e. The molecule has 0 bridgehead atoms. The summed E-state index contributed by atoms with van der Waals surface area (Å²) >= 11 is 0. The molecule has 0 heterocycles. The Labute approximate surface area is 75.1 Å². The molecular weight excluding hydrogens is 199 g/mol. The molecule has 0 aliphatic carbocycles. The molecule has 0 amide bonds. The van der Waals surface area contributed by atoms with Gasteiger partial charge >= 0.3 is 11.9 Å². The zero-order valence-corrected chi connectivity index (χ0v) is 7.98. The molecule has 2 unspecified atom stereocenters. The van der Waals surface area contributed by atoms with Gasteiger partial charge in [0.25, 0.3) is 0 Å². The molecule has 3 N–H and O–H groups in total. The summed E-state index contributed by atoms with van der Waals surface area (Å²) in [6, 6.07) is 0. The van der Waals surface area contributed by atoms with Crippen LogP contribution in [-0.4, -0.2) is 32.2 Å². The SMILES string of the molecule is CC(CCC(=O)O)(C(=O)O)[PH](=O)O. The molecule has 7 heteroatoms. The van der Waals surface area contributed by atoms with Gasteiger partial charge in [-0.1, -0.05) is 0 Å². The minimum atomic E-state index is -3.28. The third-order valence-electron chi connectivity index (χ3n) is 1.78. The van der Waals surface area contributed by atoms with Crippen LogP contribution >= 0.6 is 8.03 Å². The molecule has 0 spiro atoms. The first kappa shape index (κ1) is 12.1. The Hall–Kier alpha value is -0.870. The number of rotatable bonds is 5. The number of carbonyl (C=O) groups is 2. The standard InChI is InChI=1S/C6H11O6P/c1-6(5(9)10,13(11)12)3-2-4(7)8/h13H,2-3H2,1H3,(H,7,8)(H,9,10)(H,11,12). The Morgan fingerprint density at radius 1 is 1.38 bits per heavy atom. The lowest BCUT2D eigenvalue weighted by molar-refractivity contribution is -0.141. The highest BCUT2D eigenvalue weighted by Gasteiger charge is 2.39. The largest absolute Gasteiger partial charge is 0.481 e. The topological polar surface area (TPSA) is 112 Å². The maximum absolute atomic E-state index is 10.7. The van der Waals surface area contributed by atoms with Crippen LogP contribution in [0.1, 0.15) is 19.8 Å². The third-order valence-corrected chi connectivity index (χ3v) is 3.19. The average molecular weight is 210 g/mol. The average Bonchev–Trinajstić information content (AvgIpc) is 1.99. The number of carboxylic acid groups (broad SMARTS) is 2. The van der Waals surface area contributed by atoms with Crippen LogP contribution in [0.25, 0.3) is 0 Å². The van der Waals surface area contributed by atoms with E-state index in [1.807, 2.05) is 0 Å². The van der Waals surface area contributed by atoms with Crippen molar-refractivity contribution in [2.24, 2.45) is 0 Å². The maximum atomic E-state index is 10.7. The predicted octanol–water partition coefficient (Wildman–Crippen LogP) is 0.161. The summed E-state index contributed by atoms with van der Waals surface area (Å²) in [6.07, 6.45) is -0.772. The van der Waals surface area contributed by atoms with Crippen LogP contribution in [-0.2, 0) is 14.2 Å². The van der Waals surface area contributed by atoms with Gasteiger partial charge in [-0.25, -0.2) is 0 Å². The van der Waals surface area contributed by atoms with Crippen LogP contribution in [0.3, 0.4) is 0 Å². The van der Waals surface area contributed by atoms with E-state index in [1.54, 1.807) is 0 Å². The van der Waals surface area contributed by atoms with E-state index in [4.69, 9.17) is 15.1 Å². The summed E-state index contributed by atoms with van der Waals surface area (Å²) in [5.41, 5.74) is 0. The van der Waals surface area contributed by atoms with Gasteiger partial charge in [0.05, 0.1) is 0 Å². The van der Waals surface area contributed by atoms with Crippen molar-refractivity contribution in [3.8, 4) is 0 Å². The summed E-state index contributed by atoms with van der Waals surface area (Å²) in [5.74, 6) is -2.63. The number of hydrogen-bond donors (Lipinski definition) is 3. The van der Waals surface area contributed by atoms with Gasteiger partial charge in [0.2, 0.25) is 8.03 Å². The summed E-state index contributed by atoms with van der Waals surface area (Å²) < 4.78 is 10.7. The second kappa shape index (κ2) is 4.39. The molecule has 0 rings (SSSR count). The van der Waals surface area contributed by atoms with Crippen molar-refractivity contribution in [3.05, 3.63) is 0 Å². The van der Waals surface area contributed by atoms with Crippen LogP contribution in [0.5, 0.6) is 0 Å². The lowest BCUT2D eigenvalue weighted by Crippen LogP contribution is -2.31. The fraction of sp³-hybridized carbons (Fsp3) is 0.667. The highest BCUT2D eigenvalue weighted by Crippen LogP contribution is 2.39. The molecule has 0 saturated carbocycles. The van der Waals surface area contributed by atoms with E-state index in [1.165, 1.54) is 0 Å². The van der Waals surface area contributed by atoms with Crippen LogP contribution in [0.4, 0.5) is 0 Å². The Morgan fingerprint density at radius 2 is 1.85 bits per heavy atom. The van der Waals surface area contributed by atoms with Crippen LogP contribution < -0.4 is 0 Å². The fourth-order valence-corrected chi connectivity index (χ4v) is 1.18. The molecule has 76 valence electrons. The Kier molecular flexibility index (Phi) is 4.10. The van der Waals surface area contributed by atoms with Gasteiger partial charge in [-0.05, 0) is 13.3 Å². The lowest BCUT2D eigenvalue weighted by Gasteiger charge is -2.19. The molecule has 0 aromatic carbocycles. The Balaban J connectivity index is 4.52. The Morgan fingerprint density at radius 3 is 2.08 bits per heavy atom. The monoisotopic (exact) mass is 210 g/mol. The first-order chi connectivity index (χ1) is 5.80. The van der Waals surface area contributed by atoms with Crippen molar-refractivity contribution in [1.82, 2.24) is 0 Å². The summed E-state index contributed by atoms with van der Waals surface area (Å²) in [4.78, 5) is 29.4. The van der Waals surface area contributed by atoms with Gasteiger partial charge in [0.1, 0.15) is 5.16 Å². The molecule has 6 nitrogen and oxygen atoms in total. The van der Waals surface area contributed by atoms with Crippen molar-refractivity contribution >= 4 is 20.0 Å². The summed E-state index contributed by atoms with van der Waals surface area (Å²) in [7, 11) is -3.28. The van der Waals surface area contributed by atoms with Gasteiger partial charge < -0.3 is 15.1 Å². The molecule has 0 aliphatic rings. The quantitative estimate of drug-likeness (QED) is 0.557. The van der Waals surface area contributed by atoms with Gasteiger partial charge in [-0.3, -0.25) is 14.2 Å². The smallest absolute Gasteiger partial charge is 0.318 e. The summed E-state index contributed by atoms with van der Waals surface area (Å²) in [5, 5.41) is 15.0. The fourth-order valence-electron chi connectivity index (χ4n) is 0.662. The van der Waals surface area contributed by atoms with E-state index in [2.05, 4.69) is 0 Å². The molecule has 0 radical (unpaired) electrons. The van der Waals surface area contributed by atoms with Crippen molar-refractivity contribution < 1.29 is 29.3 Å². The van der Waals surface area contributed by atoms with Crippen molar-refractivity contribution in [2.45, 2.75) is 24.9 Å². The van der Waals surface area contributed by atoms with Gasteiger partial charge in [-0.2, -0.15) is 0 Å². The van der Waals surface area contributed by atoms with E-state index < -0.39 is 31.5 Å². The summed E-state index contributed by atoms with van der Waals surface area (Å²) in [6.45, 7) is 1.07. The van der Waals surface area contributed by atoms with Crippen LogP contribution in [0.2, 0.25) is 0 Å². The van der Waals surface area contributed by atoms with E-state index >= 15 is 0 Å². The third kappa shape index (κ3) is 3.16. The molecular formula is C6H11O6P. The molecule has 0 aliphatic heterocycles. The van der Waals surface area contributed by atoms with Gasteiger partial charge in [0.15, 0.2) is 0 Å². The minimum absolute atomic E-state index is 0.341. The molecule has 0 aromatic rings. The number of aliphatic carboxylic acids is 2. The first-order valence-corrected chi connectivity index (χ1v) is 4.85. The number of carboxylic acids is 2. The lowest BCUT2D eigenvalue weighted by atomic mass is 10.1. The second-order valence-corrected chi connectivity index (χ2v) is 4.55. The van der Waals surface area contributed by atoms with Gasteiger partial charge in [0, 0.05) is 6.42 Å². The Bertz CT molecular complexity index is 234. The molecule has 0 aromatic heterocycles. The minimum Gasteiger partial charge on any atom is -0.481 e. The van der Waals surface area contributed by atoms with Crippen LogP contribution in [0.15, 0.2) is 0 Å². The molecule has 2 atom stereocenters.